The topological polar surface area (TPSA) is 79.6 Å². The Morgan fingerprint density at radius 1 is 1.21 bits per heavy atom. The third kappa shape index (κ3) is 3.62. The average molecular weight is 262 g/mol. The summed E-state index contributed by atoms with van der Waals surface area (Å²) < 4.78 is 5.32. The zero-order valence-corrected chi connectivity index (χ0v) is 10.7. The Bertz CT molecular complexity index is 452. The molecule has 1 saturated heterocycles. The van der Waals surface area contributed by atoms with Gasteiger partial charge in [0.2, 0.25) is 0 Å². The smallest absolute Gasteiger partial charge is 0.330 e. The summed E-state index contributed by atoms with van der Waals surface area (Å²) in [6.07, 6.45) is 0. The van der Waals surface area contributed by atoms with E-state index in [2.05, 4.69) is 22.3 Å². The van der Waals surface area contributed by atoms with Crippen LogP contribution in [0.4, 0.5) is 10.5 Å². The molecule has 2 rings (SSSR count). The Balaban J connectivity index is 1.97. The van der Waals surface area contributed by atoms with Gasteiger partial charge in [-0.15, -0.1) is 0 Å². The first-order valence-corrected chi connectivity index (χ1v) is 6.10. The molecule has 1 aromatic rings. The van der Waals surface area contributed by atoms with Gasteiger partial charge < -0.3 is 15.4 Å². The van der Waals surface area contributed by atoms with Gasteiger partial charge in [0.05, 0.1) is 18.9 Å². The number of morpholine rings is 1. The number of hydrogen-bond donors (Lipinski definition) is 3. The normalized spacial score (nSPS) is 14.8. The number of amides is 2. The summed E-state index contributed by atoms with van der Waals surface area (Å²) in [5.74, 6) is 0. The molecule has 0 bridgehead atoms. The molecule has 6 nitrogen and oxygen atoms in total. The van der Waals surface area contributed by atoms with Crippen LogP contribution >= 0.6 is 0 Å². The zero-order chi connectivity index (χ0) is 13.7. The van der Waals surface area contributed by atoms with Crippen LogP contribution in [0.3, 0.4) is 0 Å². The van der Waals surface area contributed by atoms with Crippen molar-refractivity contribution in [3.8, 4) is 0 Å². The summed E-state index contributed by atoms with van der Waals surface area (Å²) in [7, 11) is 0. The van der Waals surface area contributed by atoms with Crippen molar-refractivity contribution in [2.24, 2.45) is 5.73 Å². The highest BCUT2D eigenvalue weighted by atomic mass is 16.5. The molecule has 0 aromatic heterocycles. The predicted molar refractivity (Wildman–Crippen MR) is 74.4 cm³/mol. The molecule has 0 atom stereocenters. The molecule has 1 fully saturated rings. The van der Waals surface area contributed by atoms with E-state index in [1.165, 1.54) is 0 Å². The highest BCUT2D eigenvalue weighted by Crippen LogP contribution is 2.18. The molecule has 0 aliphatic carbocycles. The van der Waals surface area contributed by atoms with Crippen molar-refractivity contribution in [2.75, 3.05) is 31.2 Å². The van der Waals surface area contributed by atoms with E-state index in [4.69, 9.17) is 10.5 Å². The van der Waals surface area contributed by atoms with E-state index in [0.717, 1.165) is 37.6 Å². The van der Waals surface area contributed by atoms with Gasteiger partial charge in [-0.05, 0) is 17.7 Å². The Hall–Kier alpha value is -2.21. The number of primary amides is 1. The molecule has 2 amide bonds. The van der Waals surface area contributed by atoms with Crippen molar-refractivity contribution in [3.05, 3.63) is 36.4 Å². The van der Waals surface area contributed by atoms with Crippen molar-refractivity contribution in [1.82, 2.24) is 10.9 Å². The van der Waals surface area contributed by atoms with Crippen molar-refractivity contribution in [2.45, 2.75) is 0 Å². The monoisotopic (exact) mass is 262 g/mol. The number of benzene rings is 1. The van der Waals surface area contributed by atoms with Crippen LogP contribution in [0.1, 0.15) is 5.56 Å². The van der Waals surface area contributed by atoms with E-state index in [-0.39, 0.29) is 0 Å². The van der Waals surface area contributed by atoms with Crippen LogP contribution in [0.5, 0.6) is 0 Å². The minimum Gasteiger partial charge on any atom is -0.378 e. The maximum atomic E-state index is 10.6. The molecule has 1 aliphatic rings. The van der Waals surface area contributed by atoms with Crippen molar-refractivity contribution in [1.29, 1.82) is 0 Å². The second kappa shape index (κ2) is 6.10. The maximum absolute atomic E-state index is 10.6. The molecule has 19 heavy (non-hydrogen) atoms. The first-order valence-electron chi connectivity index (χ1n) is 6.10. The number of carbonyl (C=O) groups excluding carboxylic acids is 1. The lowest BCUT2D eigenvalue weighted by Gasteiger charge is -2.29. The minimum absolute atomic E-state index is 0.590. The standard InChI is InChI=1S/C13H18N4O2/c1-10(15-16-13(14)18)11-2-4-12(5-3-11)17-6-8-19-9-7-17/h2-5,15H,1,6-9H2,(H3,14,16,18). The van der Waals surface area contributed by atoms with Crippen LogP contribution in [0.25, 0.3) is 5.70 Å². The van der Waals surface area contributed by atoms with Gasteiger partial charge in [0, 0.05) is 18.8 Å². The summed E-state index contributed by atoms with van der Waals surface area (Å²) in [5, 5.41) is 0. The fourth-order valence-electron chi connectivity index (χ4n) is 1.90. The Kier molecular flexibility index (Phi) is 4.25. The second-order valence-electron chi connectivity index (χ2n) is 4.24. The van der Waals surface area contributed by atoms with Gasteiger partial charge in [-0.3, -0.25) is 10.9 Å². The number of carbonyl (C=O) groups is 1. The van der Waals surface area contributed by atoms with Crippen LogP contribution in [0.2, 0.25) is 0 Å². The quantitative estimate of drug-likeness (QED) is 0.697. The number of rotatable bonds is 4. The molecular weight excluding hydrogens is 244 g/mol. The second-order valence-corrected chi connectivity index (χ2v) is 4.24. The molecule has 0 spiro atoms. The fraction of sp³-hybridized carbons (Fsp3) is 0.308. The highest BCUT2D eigenvalue weighted by Gasteiger charge is 2.11. The van der Waals surface area contributed by atoms with Gasteiger partial charge in [0.25, 0.3) is 0 Å². The summed E-state index contributed by atoms with van der Waals surface area (Å²) in [6.45, 7) is 7.16. The van der Waals surface area contributed by atoms with Gasteiger partial charge in [0.1, 0.15) is 0 Å². The van der Waals surface area contributed by atoms with Gasteiger partial charge in [0.15, 0.2) is 0 Å². The number of hydrogen-bond acceptors (Lipinski definition) is 4. The molecule has 0 saturated carbocycles. The van der Waals surface area contributed by atoms with Gasteiger partial charge in [-0.2, -0.15) is 0 Å². The summed E-state index contributed by atoms with van der Waals surface area (Å²) in [5.41, 5.74) is 12.5. The molecule has 102 valence electrons. The van der Waals surface area contributed by atoms with Gasteiger partial charge in [-0.1, -0.05) is 18.7 Å². The molecular formula is C13H18N4O2. The summed E-state index contributed by atoms with van der Waals surface area (Å²) in [6, 6.07) is 7.30. The minimum atomic E-state index is -0.647. The lowest BCUT2D eigenvalue weighted by molar-refractivity contribution is 0.122. The van der Waals surface area contributed by atoms with E-state index in [1.54, 1.807) is 0 Å². The first-order chi connectivity index (χ1) is 9.16. The van der Waals surface area contributed by atoms with Crippen LogP contribution in [-0.2, 0) is 4.74 Å². The van der Waals surface area contributed by atoms with E-state index in [0.29, 0.717) is 5.70 Å². The summed E-state index contributed by atoms with van der Waals surface area (Å²) in [4.78, 5) is 12.9. The van der Waals surface area contributed by atoms with Crippen LogP contribution < -0.4 is 21.5 Å². The van der Waals surface area contributed by atoms with E-state index < -0.39 is 6.03 Å². The number of nitrogens with zero attached hydrogens (tertiary/aromatic N) is 1. The first kappa shape index (κ1) is 13.2. The SMILES string of the molecule is C=C(NNC(N)=O)c1ccc(N2CCOCC2)cc1. The predicted octanol–water partition coefficient (Wildman–Crippen LogP) is 0.667. The Morgan fingerprint density at radius 3 is 2.42 bits per heavy atom. The fourth-order valence-corrected chi connectivity index (χ4v) is 1.90. The van der Waals surface area contributed by atoms with Crippen molar-refractivity contribution < 1.29 is 9.53 Å². The molecule has 1 aliphatic heterocycles. The number of nitrogens with two attached hydrogens (primary N) is 1. The van der Waals surface area contributed by atoms with Crippen molar-refractivity contribution >= 4 is 17.4 Å². The number of hydrazine groups is 1. The summed E-state index contributed by atoms with van der Waals surface area (Å²) >= 11 is 0. The van der Waals surface area contributed by atoms with Crippen LogP contribution in [-0.4, -0.2) is 32.3 Å². The average Bonchev–Trinajstić information content (AvgIpc) is 2.46. The van der Waals surface area contributed by atoms with E-state index in [9.17, 15) is 4.79 Å². The molecule has 4 N–H and O–H groups in total. The molecule has 1 aromatic carbocycles. The Morgan fingerprint density at radius 2 is 1.84 bits per heavy atom. The van der Waals surface area contributed by atoms with Gasteiger partial charge in [-0.25, -0.2) is 4.79 Å². The maximum Gasteiger partial charge on any atom is 0.330 e. The molecule has 0 radical (unpaired) electrons. The van der Waals surface area contributed by atoms with E-state index in [1.807, 2.05) is 24.3 Å². The Labute approximate surface area is 112 Å². The number of ether oxygens (including phenoxy) is 1. The molecule has 1 heterocycles. The zero-order valence-electron chi connectivity index (χ0n) is 10.7. The van der Waals surface area contributed by atoms with Gasteiger partial charge >= 0.3 is 6.03 Å². The third-order valence-corrected chi connectivity index (χ3v) is 2.93. The lowest BCUT2D eigenvalue weighted by Crippen LogP contribution is -2.39. The molecule has 6 heteroatoms. The number of urea groups is 1. The number of anilines is 1. The third-order valence-electron chi connectivity index (χ3n) is 2.93. The van der Waals surface area contributed by atoms with Crippen LogP contribution in [0, 0.1) is 0 Å². The lowest BCUT2D eigenvalue weighted by atomic mass is 10.1. The van der Waals surface area contributed by atoms with Crippen molar-refractivity contribution in [3.63, 3.8) is 0 Å². The largest absolute Gasteiger partial charge is 0.378 e. The van der Waals surface area contributed by atoms with E-state index >= 15 is 0 Å². The number of nitrogens with one attached hydrogen (secondary N) is 2. The highest BCUT2D eigenvalue weighted by molar-refractivity contribution is 5.73. The molecule has 0 unspecified atom stereocenters. The van der Waals surface area contributed by atoms with Crippen LogP contribution in [0.15, 0.2) is 30.8 Å².